The first-order valence-electron chi connectivity index (χ1n) is 17.3. The summed E-state index contributed by atoms with van der Waals surface area (Å²) < 4.78 is 4.38. The van der Waals surface area contributed by atoms with Crippen LogP contribution in [0.3, 0.4) is 0 Å². The van der Waals surface area contributed by atoms with Gasteiger partial charge in [0.15, 0.2) is 0 Å². The number of hydrogen-bond donors (Lipinski definition) is 1. The molecule has 2 unspecified atom stereocenters. The molecule has 4 aliphatic rings. The third-order valence-corrected chi connectivity index (χ3v) is 12.7. The molecule has 1 N–H and O–H groups in total. The van der Waals surface area contributed by atoms with Crippen LogP contribution in [-0.4, -0.2) is 86.6 Å². The molecule has 2 bridgehead atoms. The SMILES string of the molecule is C=CCN(C(=O)[C@@H]1[C@H]2C(=O)N([C@@H](CO)CC(C)C)C(C(=O)N(CC=C)C3CCCCC3)C23CC[C@@]1(C)S3)c1ccc(OCC)cc1. The normalized spacial score (nSPS) is 29.5. The number of amides is 3. The first kappa shape index (κ1) is 34.6. The lowest BCUT2D eigenvalue weighted by Crippen LogP contribution is -2.59. The molecule has 5 rings (SSSR count). The van der Waals surface area contributed by atoms with Crippen molar-refractivity contribution in [2.45, 2.75) is 107 Å². The van der Waals surface area contributed by atoms with Gasteiger partial charge in [0.2, 0.25) is 17.7 Å². The second kappa shape index (κ2) is 14.1. The van der Waals surface area contributed by atoms with Gasteiger partial charge in [-0.05, 0) is 76.1 Å². The molecule has 3 saturated heterocycles. The minimum Gasteiger partial charge on any atom is -0.494 e. The van der Waals surface area contributed by atoms with Crippen molar-refractivity contribution in [3.8, 4) is 5.75 Å². The van der Waals surface area contributed by atoms with Crippen LogP contribution >= 0.6 is 11.8 Å². The molecule has 1 aliphatic carbocycles. The van der Waals surface area contributed by atoms with Crippen LogP contribution in [0.25, 0.3) is 0 Å². The van der Waals surface area contributed by atoms with E-state index < -0.39 is 33.4 Å². The largest absolute Gasteiger partial charge is 0.494 e. The van der Waals surface area contributed by atoms with Gasteiger partial charge in [0.25, 0.3) is 0 Å². The summed E-state index contributed by atoms with van der Waals surface area (Å²) >= 11 is 1.69. The van der Waals surface area contributed by atoms with Crippen molar-refractivity contribution in [2.75, 3.05) is 31.2 Å². The number of aliphatic hydroxyl groups excluding tert-OH is 1. The number of rotatable bonds is 14. The van der Waals surface area contributed by atoms with E-state index in [0.717, 1.165) is 43.5 Å². The lowest BCUT2D eigenvalue weighted by Gasteiger charge is -2.43. The molecule has 3 amide bonds. The molecule has 4 fully saturated rings. The molecular formula is C37H53N3O5S. The highest BCUT2D eigenvalue weighted by Gasteiger charge is 2.78. The van der Waals surface area contributed by atoms with Crippen LogP contribution in [0.1, 0.15) is 79.1 Å². The predicted molar refractivity (Wildman–Crippen MR) is 185 cm³/mol. The van der Waals surface area contributed by atoms with Gasteiger partial charge in [-0.2, -0.15) is 0 Å². The molecule has 0 radical (unpaired) electrons. The van der Waals surface area contributed by atoms with E-state index >= 15 is 4.79 Å². The average Bonchev–Trinajstić information content (AvgIpc) is 3.62. The van der Waals surface area contributed by atoms with Gasteiger partial charge in [-0.3, -0.25) is 14.4 Å². The fourth-order valence-electron chi connectivity index (χ4n) is 8.85. The van der Waals surface area contributed by atoms with Gasteiger partial charge in [0.1, 0.15) is 11.8 Å². The third-order valence-electron chi connectivity index (χ3n) is 10.7. The summed E-state index contributed by atoms with van der Waals surface area (Å²) in [6, 6.07) is 6.32. The number of likely N-dealkylation sites (tertiary alicyclic amines) is 1. The highest BCUT2D eigenvalue weighted by molar-refractivity contribution is 8.02. The molecule has 1 saturated carbocycles. The van der Waals surface area contributed by atoms with Crippen LogP contribution in [0.15, 0.2) is 49.6 Å². The maximum atomic E-state index is 15.0. The molecule has 1 spiro atoms. The second-order valence-corrected chi connectivity index (χ2v) is 16.1. The standard InChI is InChI=1S/C37H53N3O5S/c1-7-21-38(27-15-17-29(18-16-27)45-9-3)33(42)30-31-34(43)40(28(24-41)23-25(4)5)32(37(31)20-19-36(30,6)46-37)35(44)39(22-8-2)26-13-11-10-12-14-26/h7-8,15-18,25-26,28,30-32,41H,1-2,9-14,19-24H2,3-6H3/t28-,30+,31+,32?,36-,37?/m1/s1. The number of anilines is 1. The van der Waals surface area contributed by atoms with Crippen molar-refractivity contribution < 1.29 is 24.2 Å². The Kier molecular flexibility index (Phi) is 10.6. The Bertz CT molecular complexity index is 1300. The summed E-state index contributed by atoms with van der Waals surface area (Å²) in [4.78, 5) is 50.2. The number of nitrogens with zero attached hydrogens (tertiary/aromatic N) is 3. The third kappa shape index (κ3) is 6.02. The molecule has 46 heavy (non-hydrogen) atoms. The number of ether oxygens (including phenoxy) is 1. The summed E-state index contributed by atoms with van der Waals surface area (Å²) in [6.45, 7) is 17.1. The van der Waals surface area contributed by atoms with Gasteiger partial charge in [-0.25, -0.2) is 0 Å². The van der Waals surface area contributed by atoms with Gasteiger partial charge in [-0.1, -0.05) is 45.3 Å². The highest BCUT2D eigenvalue weighted by atomic mass is 32.2. The van der Waals surface area contributed by atoms with Crippen molar-refractivity contribution in [2.24, 2.45) is 17.8 Å². The fraction of sp³-hybridized carbons (Fsp3) is 0.649. The first-order valence-corrected chi connectivity index (χ1v) is 18.1. The summed E-state index contributed by atoms with van der Waals surface area (Å²) in [7, 11) is 0. The summed E-state index contributed by atoms with van der Waals surface area (Å²) in [5.74, 6) is -0.681. The zero-order valence-corrected chi connectivity index (χ0v) is 29.0. The van der Waals surface area contributed by atoms with Crippen molar-refractivity contribution in [1.82, 2.24) is 9.80 Å². The van der Waals surface area contributed by atoms with Crippen LogP contribution in [0.4, 0.5) is 5.69 Å². The number of fused-ring (bicyclic) bond motifs is 1. The Hall–Kier alpha value is -2.78. The lowest BCUT2D eigenvalue weighted by molar-refractivity contribution is -0.147. The predicted octanol–water partition coefficient (Wildman–Crippen LogP) is 5.84. The van der Waals surface area contributed by atoms with Crippen LogP contribution < -0.4 is 9.64 Å². The molecule has 0 aromatic heterocycles. The van der Waals surface area contributed by atoms with E-state index in [1.54, 1.807) is 33.7 Å². The Morgan fingerprint density at radius 1 is 1.09 bits per heavy atom. The topological polar surface area (TPSA) is 90.4 Å². The van der Waals surface area contributed by atoms with Crippen molar-refractivity contribution in [1.29, 1.82) is 0 Å². The van der Waals surface area contributed by atoms with Gasteiger partial charge >= 0.3 is 0 Å². The number of carbonyl (C=O) groups is 3. The molecule has 9 heteroatoms. The van der Waals surface area contributed by atoms with Crippen molar-refractivity contribution >= 4 is 35.2 Å². The van der Waals surface area contributed by atoms with Crippen molar-refractivity contribution in [3.05, 3.63) is 49.6 Å². The smallest absolute Gasteiger partial charge is 0.247 e. The van der Waals surface area contributed by atoms with Gasteiger partial charge in [-0.15, -0.1) is 24.9 Å². The van der Waals surface area contributed by atoms with Crippen LogP contribution in [0, 0.1) is 17.8 Å². The number of aliphatic hydroxyl groups is 1. The van der Waals surface area contributed by atoms with Gasteiger partial charge in [0, 0.05) is 29.6 Å². The first-order chi connectivity index (χ1) is 22.1. The number of benzene rings is 1. The van der Waals surface area contributed by atoms with Crippen molar-refractivity contribution in [3.63, 3.8) is 0 Å². The van der Waals surface area contributed by atoms with E-state index in [2.05, 4.69) is 33.9 Å². The van der Waals surface area contributed by atoms with Gasteiger partial charge < -0.3 is 24.5 Å². The quantitative estimate of drug-likeness (QED) is 0.254. The molecule has 1 aromatic carbocycles. The molecule has 252 valence electrons. The van der Waals surface area contributed by atoms with Gasteiger partial charge in [0.05, 0.1) is 35.8 Å². The minimum absolute atomic E-state index is 0.0517. The minimum atomic E-state index is -0.750. The zero-order chi connectivity index (χ0) is 33.2. The zero-order valence-electron chi connectivity index (χ0n) is 28.2. The monoisotopic (exact) mass is 651 g/mol. The van der Waals surface area contributed by atoms with Crippen LogP contribution in [0.2, 0.25) is 0 Å². The van der Waals surface area contributed by atoms with E-state index in [1.807, 2.05) is 36.1 Å². The van der Waals surface area contributed by atoms with E-state index in [9.17, 15) is 14.7 Å². The van der Waals surface area contributed by atoms with E-state index in [-0.39, 0.29) is 36.3 Å². The number of thioether (sulfide) groups is 1. The van der Waals surface area contributed by atoms with E-state index in [1.165, 1.54) is 6.42 Å². The second-order valence-electron chi connectivity index (χ2n) is 14.2. The van der Waals surface area contributed by atoms with E-state index in [0.29, 0.717) is 32.5 Å². The number of hydrogen-bond acceptors (Lipinski definition) is 6. The highest BCUT2D eigenvalue weighted by Crippen LogP contribution is 2.72. The molecule has 8 nitrogen and oxygen atoms in total. The summed E-state index contributed by atoms with van der Waals surface area (Å²) in [5.41, 5.74) is 0.719. The van der Waals surface area contributed by atoms with Crippen LogP contribution in [0.5, 0.6) is 5.75 Å². The van der Waals surface area contributed by atoms with Crippen LogP contribution in [-0.2, 0) is 14.4 Å². The average molecular weight is 652 g/mol. The Balaban J connectivity index is 1.58. The molecule has 3 heterocycles. The lowest BCUT2D eigenvalue weighted by atomic mass is 9.66. The molecule has 3 aliphatic heterocycles. The van der Waals surface area contributed by atoms with E-state index in [4.69, 9.17) is 4.74 Å². The molecular weight excluding hydrogens is 598 g/mol. The summed E-state index contributed by atoms with van der Waals surface area (Å²) in [5, 5.41) is 10.7. The fourth-order valence-corrected chi connectivity index (χ4v) is 11.2. The molecule has 6 atom stereocenters. The Morgan fingerprint density at radius 2 is 1.76 bits per heavy atom. The maximum Gasteiger partial charge on any atom is 0.247 e. The summed E-state index contributed by atoms with van der Waals surface area (Å²) in [6.07, 6.45) is 10.7. The maximum absolute atomic E-state index is 15.0. The number of carbonyl (C=O) groups excluding carboxylic acids is 3. The Morgan fingerprint density at radius 3 is 2.35 bits per heavy atom. The Labute approximate surface area is 279 Å². The molecule has 1 aromatic rings.